The largest absolute Gasteiger partial charge is 0.337 e. The van der Waals surface area contributed by atoms with Gasteiger partial charge in [0.1, 0.15) is 5.82 Å². The number of rotatable bonds is 3. The van der Waals surface area contributed by atoms with Crippen LogP contribution in [0.15, 0.2) is 46.9 Å². The fraction of sp³-hybridized carbons (Fsp3) is 0.133. The number of carbonyl (C=O) groups excluding carboxylic acids is 1. The van der Waals surface area contributed by atoms with Gasteiger partial charge in [0.2, 0.25) is 0 Å². The summed E-state index contributed by atoms with van der Waals surface area (Å²) in [6, 6.07) is 11.6. The van der Waals surface area contributed by atoms with Crippen LogP contribution >= 0.6 is 27.5 Å². The first-order chi connectivity index (χ1) is 9.47. The molecule has 0 unspecified atom stereocenters. The zero-order valence-corrected chi connectivity index (χ0v) is 13.1. The molecule has 0 bridgehead atoms. The summed E-state index contributed by atoms with van der Waals surface area (Å²) in [6.45, 7) is 0.401. The van der Waals surface area contributed by atoms with Crippen LogP contribution in [0.5, 0.6) is 0 Å². The SMILES string of the molecule is CN(Cc1ccc(Br)cc1)C(=O)c1cc(Cl)ccc1F. The lowest BCUT2D eigenvalue weighted by molar-refractivity contribution is 0.0780. The van der Waals surface area contributed by atoms with Gasteiger partial charge in [-0.1, -0.05) is 39.7 Å². The summed E-state index contributed by atoms with van der Waals surface area (Å²) in [5.41, 5.74) is 0.948. The van der Waals surface area contributed by atoms with Crippen LogP contribution in [-0.2, 0) is 6.54 Å². The Bertz CT molecular complexity index is 630. The van der Waals surface area contributed by atoms with Crippen molar-refractivity contribution < 1.29 is 9.18 Å². The number of hydrogen-bond acceptors (Lipinski definition) is 1. The number of hydrogen-bond donors (Lipinski definition) is 0. The Labute approximate surface area is 130 Å². The van der Waals surface area contributed by atoms with Gasteiger partial charge in [0, 0.05) is 23.1 Å². The van der Waals surface area contributed by atoms with E-state index in [9.17, 15) is 9.18 Å². The predicted octanol–water partition coefficient (Wildman–Crippen LogP) is 4.51. The summed E-state index contributed by atoms with van der Waals surface area (Å²) < 4.78 is 14.6. The van der Waals surface area contributed by atoms with E-state index in [4.69, 9.17) is 11.6 Å². The van der Waals surface area contributed by atoms with Crippen molar-refractivity contribution in [3.05, 3.63) is 68.9 Å². The summed E-state index contributed by atoms with van der Waals surface area (Å²) in [5.74, 6) is -0.963. The molecule has 104 valence electrons. The van der Waals surface area contributed by atoms with Crippen molar-refractivity contribution in [2.45, 2.75) is 6.54 Å². The third kappa shape index (κ3) is 3.58. The number of halogens is 3. The zero-order valence-electron chi connectivity index (χ0n) is 10.7. The minimum atomic E-state index is -0.568. The minimum absolute atomic E-state index is 0.0166. The monoisotopic (exact) mass is 355 g/mol. The zero-order chi connectivity index (χ0) is 14.7. The van der Waals surface area contributed by atoms with E-state index in [2.05, 4.69) is 15.9 Å². The molecule has 0 radical (unpaired) electrons. The first-order valence-corrected chi connectivity index (χ1v) is 7.09. The maximum atomic E-state index is 13.7. The molecule has 0 aliphatic heterocycles. The molecule has 0 aliphatic rings. The van der Waals surface area contributed by atoms with Crippen LogP contribution in [0.2, 0.25) is 5.02 Å². The van der Waals surface area contributed by atoms with Gasteiger partial charge in [-0.3, -0.25) is 4.79 Å². The Balaban J connectivity index is 2.16. The van der Waals surface area contributed by atoms with Crippen LogP contribution in [0, 0.1) is 5.82 Å². The fourth-order valence-electron chi connectivity index (χ4n) is 1.80. The highest BCUT2D eigenvalue weighted by Crippen LogP contribution is 2.18. The summed E-state index contributed by atoms with van der Waals surface area (Å²) in [4.78, 5) is 13.7. The molecule has 0 aromatic heterocycles. The lowest BCUT2D eigenvalue weighted by Crippen LogP contribution is -2.27. The summed E-state index contributed by atoms with van der Waals surface area (Å²) in [5, 5.41) is 0.340. The maximum absolute atomic E-state index is 13.7. The van der Waals surface area contributed by atoms with Crippen LogP contribution in [0.1, 0.15) is 15.9 Å². The van der Waals surface area contributed by atoms with Gasteiger partial charge in [0.15, 0.2) is 0 Å². The normalized spacial score (nSPS) is 10.4. The molecular weight excluding hydrogens is 345 g/mol. The Morgan fingerprint density at radius 2 is 1.90 bits per heavy atom. The van der Waals surface area contributed by atoms with Gasteiger partial charge in [-0.25, -0.2) is 4.39 Å². The molecule has 2 aromatic rings. The first-order valence-electron chi connectivity index (χ1n) is 5.92. The summed E-state index contributed by atoms with van der Waals surface area (Å²) in [6.07, 6.45) is 0. The molecule has 20 heavy (non-hydrogen) atoms. The second kappa shape index (κ2) is 6.37. The fourth-order valence-corrected chi connectivity index (χ4v) is 2.24. The van der Waals surface area contributed by atoms with E-state index in [1.165, 1.54) is 23.1 Å². The van der Waals surface area contributed by atoms with Crippen LogP contribution in [0.4, 0.5) is 4.39 Å². The Morgan fingerprint density at radius 3 is 2.55 bits per heavy atom. The quantitative estimate of drug-likeness (QED) is 0.792. The van der Waals surface area contributed by atoms with Crippen LogP contribution in [-0.4, -0.2) is 17.9 Å². The summed E-state index contributed by atoms with van der Waals surface area (Å²) >= 11 is 9.15. The van der Waals surface area contributed by atoms with Crippen molar-refractivity contribution in [1.29, 1.82) is 0 Å². The predicted molar refractivity (Wildman–Crippen MR) is 81.3 cm³/mol. The maximum Gasteiger partial charge on any atom is 0.256 e. The molecule has 2 aromatic carbocycles. The molecule has 0 atom stereocenters. The van der Waals surface area contributed by atoms with Crippen LogP contribution in [0.25, 0.3) is 0 Å². The highest BCUT2D eigenvalue weighted by molar-refractivity contribution is 9.10. The third-order valence-electron chi connectivity index (χ3n) is 2.84. The van der Waals surface area contributed by atoms with Gasteiger partial charge in [0.25, 0.3) is 5.91 Å². The Kier molecular flexibility index (Phi) is 4.78. The van der Waals surface area contributed by atoms with Crippen molar-refractivity contribution in [1.82, 2.24) is 4.90 Å². The van der Waals surface area contributed by atoms with Crippen molar-refractivity contribution in [3.63, 3.8) is 0 Å². The van der Waals surface area contributed by atoms with E-state index in [1.807, 2.05) is 24.3 Å². The molecule has 0 aliphatic carbocycles. The van der Waals surface area contributed by atoms with E-state index in [-0.39, 0.29) is 5.56 Å². The van der Waals surface area contributed by atoms with E-state index in [1.54, 1.807) is 7.05 Å². The van der Waals surface area contributed by atoms with Gasteiger partial charge >= 0.3 is 0 Å². The number of nitrogens with zero attached hydrogens (tertiary/aromatic N) is 1. The Hall–Kier alpha value is -1.39. The van der Waals surface area contributed by atoms with Gasteiger partial charge < -0.3 is 4.90 Å². The average molecular weight is 357 g/mol. The highest BCUT2D eigenvalue weighted by atomic mass is 79.9. The van der Waals surface area contributed by atoms with Crippen molar-refractivity contribution in [2.24, 2.45) is 0 Å². The average Bonchev–Trinajstić information content (AvgIpc) is 2.43. The molecule has 2 rings (SSSR count). The van der Waals surface area contributed by atoms with Crippen molar-refractivity contribution >= 4 is 33.4 Å². The van der Waals surface area contributed by atoms with Crippen molar-refractivity contribution in [3.8, 4) is 0 Å². The summed E-state index contributed by atoms with van der Waals surface area (Å²) in [7, 11) is 1.63. The van der Waals surface area contributed by atoms with Crippen LogP contribution in [0.3, 0.4) is 0 Å². The number of carbonyl (C=O) groups is 1. The second-order valence-corrected chi connectivity index (χ2v) is 5.76. The van der Waals surface area contributed by atoms with Gasteiger partial charge in [-0.05, 0) is 35.9 Å². The third-order valence-corrected chi connectivity index (χ3v) is 3.60. The number of amides is 1. The van der Waals surface area contributed by atoms with E-state index in [0.717, 1.165) is 10.0 Å². The van der Waals surface area contributed by atoms with Gasteiger partial charge in [-0.15, -0.1) is 0 Å². The minimum Gasteiger partial charge on any atom is -0.337 e. The standard InChI is InChI=1S/C15H12BrClFNO/c1-19(9-10-2-4-11(16)5-3-10)15(20)13-8-12(17)6-7-14(13)18/h2-8H,9H2,1H3. The van der Waals surface area contributed by atoms with Gasteiger partial charge in [-0.2, -0.15) is 0 Å². The molecule has 0 saturated heterocycles. The van der Waals surface area contributed by atoms with E-state index < -0.39 is 11.7 Å². The number of benzene rings is 2. The molecular formula is C15H12BrClFNO. The molecule has 5 heteroatoms. The van der Waals surface area contributed by atoms with E-state index >= 15 is 0 Å². The lowest BCUT2D eigenvalue weighted by Gasteiger charge is -2.18. The van der Waals surface area contributed by atoms with Gasteiger partial charge in [0.05, 0.1) is 5.56 Å². The molecule has 0 heterocycles. The molecule has 0 N–H and O–H groups in total. The van der Waals surface area contributed by atoms with E-state index in [0.29, 0.717) is 11.6 Å². The first kappa shape index (κ1) is 15.0. The molecule has 0 fully saturated rings. The molecule has 0 saturated carbocycles. The van der Waals surface area contributed by atoms with Crippen molar-refractivity contribution in [2.75, 3.05) is 7.05 Å². The van der Waals surface area contributed by atoms with Crippen LogP contribution < -0.4 is 0 Å². The highest BCUT2D eigenvalue weighted by Gasteiger charge is 2.16. The Morgan fingerprint density at radius 1 is 1.25 bits per heavy atom. The lowest BCUT2D eigenvalue weighted by atomic mass is 10.1. The topological polar surface area (TPSA) is 20.3 Å². The molecule has 1 amide bonds. The molecule has 0 spiro atoms. The molecule has 2 nitrogen and oxygen atoms in total. The smallest absolute Gasteiger partial charge is 0.256 e. The second-order valence-electron chi connectivity index (χ2n) is 4.41.